The molecule has 0 aromatic heterocycles. The third-order valence-electron chi connectivity index (χ3n) is 2.42. The highest BCUT2D eigenvalue weighted by molar-refractivity contribution is 5.70. The average molecular weight is 224 g/mol. The van der Waals surface area contributed by atoms with E-state index in [1.54, 1.807) is 13.2 Å². The second-order valence-corrected chi connectivity index (χ2v) is 3.48. The van der Waals surface area contributed by atoms with E-state index in [1.807, 2.05) is 42.5 Å². The van der Waals surface area contributed by atoms with E-state index in [0.717, 1.165) is 17.1 Å². The first-order valence-electron chi connectivity index (χ1n) is 5.24. The van der Waals surface area contributed by atoms with Crippen molar-refractivity contribution in [3.8, 4) is 11.8 Å². The number of nitriles is 1. The Hall–Kier alpha value is -2.47. The van der Waals surface area contributed by atoms with Gasteiger partial charge in [0.2, 0.25) is 0 Å². The van der Waals surface area contributed by atoms with E-state index in [-0.39, 0.29) is 0 Å². The summed E-state index contributed by atoms with van der Waals surface area (Å²) in [7, 11) is 1.62. The van der Waals surface area contributed by atoms with Gasteiger partial charge in [-0.1, -0.05) is 24.3 Å². The maximum absolute atomic E-state index is 9.00. The zero-order chi connectivity index (χ0) is 12.1. The highest BCUT2D eigenvalue weighted by Gasteiger charge is 2.04. The highest BCUT2D eigenvalue weighted by atomic mass is 16.5. The van der Waals surface area contributed by atoms with Crippen molar-refractivity contribution in [1.29, 1.82) is 5.26 Å². The van der Waals surface area contributed by atoms with Gasteiger partial charge >= 0.3 is 0 Å². The quantitative estimate of drug-likeness (QED) is 0.869. The number of rotatable bonds is 3. The molecule has 84 valence electrons. The molecule has 0 fully saturated rings. The fraction of sp³-hybridized carbons (Fsp3) is 0.0714. The molecule has 0 heterocycles. The van der Waals surface area contributed by atoms with Gasteiger partial charge in [0.1, 0.15) is 11.8 Å². The molecule has 0 radical (unpaired) electrons. The number of methoxy groups -OCH3 is 1. The topological polar surface area (TPSA) is 45.0 Å². The lowest BCUT2D eigenvalue weighted by molar-refractivity contribution is 0.417. The Morgan fingerprint density at radius 2 is 1.65 bits per heavy atom. The van der Waals surface area contributed by atoms with Crippen molar-refractivity contribution in [2.75, 3.05) is 12.4 Å². The van der Waals surface area contributed by atoms with Crippen molar-refractivity contribution in [2.24, 2.45) is 0 Å². The first-order chi connectivity index (χ1) is 8.35. The first kappa shape index (κ1) is 11.0. The summed E-state index contributed by atoms with van der Waals surface area (Å²) >= 11 is 0. The van der Waals surface area contributed by atoms with Crippen LogP contribution in [0.1, 0.15) is 5.56 Å². The fourth-order valence-electron chi connectivity index (χ4n) is 1.58. The van der Waals surface area contributed by atoms with Crippen molar-refractivity contribution < 1.29 is 4.74 Å². The number of hydrogen-bond donors (Lipinski definition) is 1. The van der Waals surface area contributed by atoms with Gasteiger partial charge in [0.05, 0.1) is 24.0 Å². The van der Waals surface area contributed by atoms with Gasteiger partial charge in [0.25, 0.3) is 0 Å². The van der Waals surface area contributed by atoms with Crippen LogP contribution in [0.15, 0.2) is 48.5 Å². The summed E-state index contributed by atoms with van der Waals surface area (Å²) in [5.41, 5.74) is 2.23. The maximum Gasteiger partial charge on any atom is 0.142 e. The molecule has 0 aliphatic rings. The van der Waals surface area contributed by atoms with Gasteiger partial charge in [-0.25, -0.2) is 0 Å². The minimum Gasteiger partial charge on any atom is -0.495 e. The standard InChI is InChI=1S/C14H12N2O/c1-17-14-9-5-4-8-13(14)16-12-7-3-2-6-11(12)10-15/h2-9,16H,1H3. The van der Waals surface area contributed by atoms with Gasteiger partial charge < -0.3 is 10.1 Å². The molecule has 3 nitrogen and oxygen atoms in total. The lowest BCUT2D eigenvalue weighted by Crippen LogP contribution is -1.96. The molecule has 3 heteroatoms. The molecule has 2 aromatic rings. The average Bonchev–Trinajstić information content (AvgIpc) is 2.40. The van der Waals surface area contributed by atoms with E-state index < -0.39 is 0 Å². The number of hydrogen-bond acceptors (Lipinski definition) is 3. The van der Waals surface area contributed by atoms with E-state index in [0.29, 0.717) is 5.56 Å². The largest absolute Gasteiger partial charge is 0.495 e. The van der Waals surface area contributed by atoms with Gasteiger partial charge in [-0.2, -0.15) is 5.26 Å². The number of benzene rings is 2. The molecule has 2 aromatic carbocycles. The zero-order valence-corrected chi connectivity index (χ0v) is 9.47. The highest BCUT2D eigenvalue weighted by Crippen LogP contribution is 2.28. The van der Waals surface area contributed by atoms with Crippen molar-refractivity contribution in [3.63, 3.8) is 0 Å². The van der Waals surface area contributed by atoms with Crippen LogP contribution in [0.2, 0.25) is 0 Å². The normalized spacial score (nSPS) is 9.41. The van der Waals surface area contributed by atoms with E-state index in [1.165, 1.54) is 0 Å². The number of anilines is 2. The Morgan fingerprint density at radius 3 is 2.35 bits per heavy atom. The molecule has 0 saturated heterocycles. The number of nitrogens with zero attached hydrogens (tertiary/aromatic N) is 1. The van der Waals surface area contributed by atoms with Gasteiger partial charge in [-0.3, -0.25) is 0 Å². The summed E-state index contributed by atoms with van der Waals surface area (Å²) in [6.07, 6.45) is 0. The smallest absolute Gasteiger partial charge is 0.142 e. The Labute approximate surface area is 100 Å². The van der Waals surface area contributed by atoms with Crippen molar-refractivity contribution in [1.82, 2.24) is 0 Å². The molecule has 0 atom stereocenters. The monoisotopic (exact) mass is 224 g/mol. The van der Waals surface area contributed by atoms with Crippen LogP contribution < -0.4 is 10.1 Å². The van der Waals surface area contributed by atoms with Gasteiger partial charge in [0, 0.05) is 0 Å². The van der Waals surface area contributed by atoms with Crippen LogP contribution in [-0.4, -0.2) is 7.11 Å². The van der Waals surface area contributed by atoms with Crippen LogP contribution in [0.25, 0.3) is 0 Å². The van der Waals surface area contributed by atoms with Crippen LogP contribution in [0.3, 0.4) is 0 Å². The summed E-state index contributed by atoms with van der Waals surface area (Å²) in [5, 5.41) is 12.2. The summed E-state index contributed by atoms with van der Waals surface area (Å²) in [4.78, 5) is 0. The molecule has 1 N–H and O–H groups in total. The minimum atomic E-state index is 0.610. The predicted molar refractivity (Wildman–Crippen MR) is 67.4 cm³/mol. The molecular formula is C14H12N2O. The zero-order valence-electron chi connectivity index (χ0n) is 9.47. The van der Waals surface area contributed by atoms with Crippen molar-refractivity contribution in [3.05, 3.63) is 54.1 Å². The second kappa shape index (κ2) is 5.04. The van der Waals surface area contributed by atoms with Crippen LogP contribution in [0.5, 0.6) is 5.75 Å². The molecule has 0 spiro atoms. The van der Waals surface area contributed by atoms with E-state index in [9.17, 15) is 0 Å². The Balaban J connectivity index is 2.35. The minimum absolute atomic E-state index is 0.610. The van der Waals surface area contributed by atoms with Gasteiger partial charge in [-0.05, 0) is 24.3 Å². The molecule has 2 rings (SSSR count). The van der Waals surface area contributed by atoms with E-state index in [4.69, 9.17) is 10.00 Å². The third kappa shape index (κ3) is 2.37. The third-order valence-corrected chi connectivity index (χ3v) is 2.42. The lowest BCUT2D eigenvalue weighted by atomic mass is 10.2. The van der Waals surface area contributed by atoms with E-state index >= 15 is 0 Å². The predicted octanol–water partition coefficient (Wildman–Crippen LogP) is 3.31. The van der Waals surface area contributed by atoms with Crippen LogP contribution >= 0.6 is 0 Å². The van der Waals surface area contributed by atoms with Crippen molar-refractivity contribution >= 4 is 11.4 Å². The number of para-hydroxylation sites is 3. The Bertz CT molecular complexity index is 558. The first-order valence-corrected chi connectivity index (χ1v) is 5.24. The van der Waals surface area contributed by atoms with Crippen LogP contribution in [0, 0.1) is 11.3 Å². The summed E-state index contributed by atoms with van der Waals surface area (Å²) in [6, 6.07) is 17.1. The molecule has 0 aliphatic heterocycles. The van der Waals surface area contributed by atoms with Crippen molar-refractivity contribution in [2.45, 2.75) is 0 Å². The van der Waals surface area contributed by atoms with Crippen LogP contribution in [0.4, 0.5) is 11.4 Å². The molecule has 0 saturated carbocycles. The van der Waals surface area contributed by atoms with Gasteiger partial charge in [0.15, 0.2) is 0 Å². The molecular weight excluding hydrogens is 212 g/mol. The van der Waals surface area contributed by atoms with E-state index in [2.05, 4.69) is 11.4 Å². The molecule has 17 heavy (non-hydrogen) atoms. The maximum atomic E-state index is 9.00. The summed E-state index contributed by atoms with van der Waals surface area (Å²) in [6.45, 7) is 0. The Morgan fingerprint density at radius 1 is 1.00 bits per heavy atom. The second-order valence-electron chi connectivity index (χ2n) is 3.48. The number of nitrogens with one attached hydrogen (secondary N) is 1. The SMILES string of the molecule is COc1ccccc1Nc1ccccc1C#N. The summed E-state index contributed by atoms with van der Waals surface area (Å²) in [5.74, 6) is 0.750. The molecule has 0 bridgehead atoms. The molecule has 0 aliphatic carbocycles. The molecule has 0 amide bonds. The van der Waals surface area contributed by atoms with Gasteiger partial charge in [-0.15, -0.1) is 0 Å². The fourth-order valence-corrected chi connectivity index (χ4v) is 1.58. The summed E-state index contributed by atoms with van der Waals surface area (Å²) < 4.78 is 5.25. The lowest BCUT2D eigenvalue weighted by Gasteiger charge is -2.11. The Kier molecular flexibility index (Phi) is 3.27. The van der Waals surface area contributed by atoms with Crippen LogP contribution in [-0.2, 0) is 0 Å². The molecule has 0 unspecified atom stereocenters. The number of ether oxygens (including phenoxy) is 1.